The Balaban J connectivity index is 2.05. The molecule has 0 nitrogen and oxygen atoms in total. The first-order valence-electron chi connectivity index (χ1n) is 7.69. The molecule has 111 valence electrons. The van der Waals surface area contributed by atoms with Crippen LogP contribution in [0.4, 0.5) is 0 Å². The van der Waals surface area contributed by atoms with Crippen molar-refractivity contribution in [2.75, 3.05) is 0 Å². The Labute approximate surface area is 140 Å². The first-order chi connectivity index (χ1) is 11.3. The van der Waals surface area contributed by atoms with Gasteiger partial charge in [-0.3, -0.25) is 0 Å². The lowest BCUT2D eigenvalue weighted by atomic mass is 10.2. The van der Waals surface area contributed by atoms with Crippen LogP contribution in [0.15, 0.2) is 104 Å². The fourth-order valence-corrected chi connectivity index (χ4v) is 5.20. The second-order valence-corrected chi connectivity index (χ2v) is 7.96. The van der Waals surface area contributed by atoms with E-state index >= 15 is 0 Å². The standard InChI is InChI=1S/C22H19Si/c1-18(20-12-6-3-7-13-20)23(22-16-10-5-11-17-22)19(2)21-14-8-4-9-15-21/h3-17H,1-2H2. The summed E-state index contributed by atoms with van der Waals surface area (Å²) in [6.07, 6.45) is 0. The minimum Gasteiger partial charge on any atom is -0.0986 e. The predicted octanol–water partition coefficient (Wildman–Crippen LogP) is 4.89. The zero-order chi connectivity index (χ0) is 16.1. The number of hydrogen-bond donors (Lipinski definition) is 0. The zero-order valence-corrected chi connectivity index (χ0v) is 14.1. The summed E-state index contributed by atoms with van der Waals surface area (Å²) in [4.78, 5) is 0. The predicted molar refractivity (Wildman–Crippen MR) is 103 cm³/mol. The molecule has 0 fully saturated rings. The molecule has 1 heteroatoms. The van der Waals surface area contributed by atoms with Crippen molar-refractivity contribution >= 4 is 24.4 Å². The van der Waals surface area contributed by atoms with E-state index in [-0.39, 0.29) is 0 Å². The molecule has 0 aromatic heterocycles. The Morgan fingerprint density at radius 2 is 0.870 bits per heavy atom. The summed E-state index contributed by atoms with van der Waals surface area (Å²) in [7, 11) is -1.17. The second-order valence-electron chi connectivity index (χ2n) is 5.43. The van der Waals surface area contributed by atoms with Crippen molar-refractivity contribution < 1.29 is 0 Å². The third-order valence-corrected chi connectivity index (χ3v) is 6.61. The molecule has 0 amide bonds. The molecular weight excluding hydrogens is 292 g/mol. The summed E-state index contributed by atoms with van der Waals surface area (Å²) in [5, 5.41) is 3.67. The second kappa shape index (κ2) is 7.08. The van der Waals surface area contributed by atoms with Crippen LogP contribution < -0.4 is 5.19 Å². The molecule has 3 rings (SSSR count). The van der Waals surface area contributed by atoms with Crippen molar-refractivity contribution in [3.8, 4) is 0 Å². The van der Waals surface area contributed by atoms with Gasteiger partial charge >= 0.3 is 0 Å². The van der Waals surface area contributed by atoms with Gasteiger partial charge in [-0.05, 0) is 11.1 Å². The van der Waals surface area contributed by atoms with Gasteiger partial charge in [0.2, 0.25) is 0 Å². The van der Waals surface area contributed by atoms with E-state index in [9.17, 15) is 0 Å². The molecule has 0 aliphatic heterocycles. The third-order valence-electron chi connectivity index (χ3n) is 3.91. The van der Waals surface area contributed by atoms with Crippen molar-refractivity contribution in [1.29, 1.82) is 0 Å². The summed E-state index contributed by atoms with van der Waals surface area (Å²) < 4.78 is 0. The summed E-state index contributed by atoms with van der Waals surface area (Å²) in [5.41, 5.74) is 2.39. The van der Waals surface area contributed by atoms with Gasteiger partial charge in [0.05, 0.1) is 0 Å². The molecule has 0 bridgehead atoms. The van der Waals surface area contributed by atoms with Gasteiger partial charge in [0.1, 0.15) is 0 Å². The van der Waals surface area contributed by atoms with Crippen molar-refractivity contribution in [1.82, 2.24) is 0 Å². The molecule has 1 radical (unpaired) electrons. The van der Waals surface area contributed by atoms with Crippen LogP contribution in [-0.4, -0.2) is 8.80 Å². The van der Waals surface area contributed by atoms with Gasteiger partial charge in [0.15, 0.2) is 8.80 Å². The smallest absolute Gasteiger partial charge is 0.0986 e. The van der Waals surface area contributed by atoms with Crippen molar-refractivity contribution in [3.05, 3.63) is 115 Å². The highest BCUT2D eigenvalue weighted by atomic mass is 28.3. The van der Waals surface area contributed by atoms with E-state index in [1.807, 2.05) is 12.1 Å². The first-order valence-corrected chi connectivity index (χ1v) is 9.19. The van der Waals surface area contributed by atoms with Crippen LogP contribution in [0.1, 0.15) is 11.1 Å². The Morgan fingerprint density at radius 1 is 0.522 bits per heavy atom. The molecule has 0 saturated heterocycles. The lowest BCUT2D eigenvalue weighted by molar-refractivity contribution is 1.63. The summed E-state index contributed by atoms with van der Waals surface area (Å²) in [6, 6.07) is 31.5. The summed E-state index contributed by atoms with van der Waals surface area (Å²) in [6.45, 7) is 8.87. The fourth-order valence-electron chi connectivity index (χ4n) is 2.70. The minimum absolute atomic E-state index is 1.17. The number of hydrogen-bond acceptors (Lipinski definition) is 0. The van der Waals surface area contributed by atoms with E-state index in [2.05, 4.69) is 92.0 Å². The molecule has 0 saturated carbocycles. The molecule has 0 atom stereocenters. The van der Waals surface area contributed by atoms with Gasteiger partial charge in [0.25, 0.3) is 0 Å². The lowest BCUT2D eigenvalue weighted by Gasteiger charge is -2.21. The van der Waals surface area contributed by atoms with E-state index in [0.29, 0.717) is 0 Å². The third kappa shape index (κ3) is 3.41. The van der Waals surface area contributed by atoms with Gasteiger partial charge in [-0.1, -0.05) is 120 Å². The molecular formula is C22H19Si. The molecule has 0 N–H and O–H groups in total. The Bertz CT molecular complexity index is 738. The van der Waals surface area contributed by atoms with Crippen LogP contribution in [0.3, 0.4) is 0 Å². The van der Waals surface area contributed by atoms with E-state index in [1.54, 1.807) is 0 Å². The van der Waals surface area contributed by atoms with Crippen LogP contribution in [-0.2, 0) is 0 Å². The van der Waals surface area contributed by atoms with Crippen molar-refractivity contribution in [2.24, 2.45) is 0 Å². The molecule has 0 aliphatic rings. The van der Waals surface area contributed by atoms with E-state index in [0.717, 1.165) is 0 Å². The first kappa shape index (κ1) is 15.3. The highest BCUT2D eigenvalue weighted by Gasteiger charge is 2.23. The number of benzene rings is 3. The molecule has 0 unspecified atom stereocenters. The quantitative estimate of drug-likeness (QED) is 0.588. The van der Waals surface area contributed by atoms with Gasteiger partial charge in [0, 0.05) is 0 Å². The molecule has 0 heterocycles. The average Bonchev–Trinajstić information content (AvgIpc) is 2.64. The topological polar surface area (TPSA) is 0 Å². The van der Waals surface area contributed by atoms with Crippen molar-refractivity contribution in [2.45, 2.75) is 0 Å². The number of rotatable bonds is 5. The van der Waals surface area contributed by atoms with Crippen LogP contribution in [0.25, 0.3) is 10.4 Å². The summed E-state index contributed by atoms with van der Waals surface area (Å²) >= 11 is 0. The largest absolute Gasteiger partial charge is 0.154 e. The maximum Gasteiger partial charge on any atom is 0.154 e. The monoisotopic (exact) mass is 311 g/mol. The Hall–Kier alpha value is -2.64. The van der Waals surface area contributed by atoms with Gasteiger partial charge in [-0.2, -0.15) is 0 Å². The Kier molecular flexibility index (Phi) is 4.70. The maximum atomic E-state index is 4.43. The van der Waals surface area contributed by atoms with E-state index < -0.39 is 8.80 Å². The van der Waals surface area contributed by atoms with Gasteiger partial charge in [-0.25, -0.2) is 0 Å². The maximum absolute atomic E-state index is 4.43. The lowest BCUT2D eigenvalue weighted by Crippen LogP contribution is -2.33. The van der Waals surface area contributed by atoms with E-state index in [1.165, 1.54) is 26.7 Å². The van der Waals surface area contributed by atoms with Crippen LogP contribution in [0.2, 0.25) is 0 Å². The average molecular weight is 311 g/mol. The van der Waals surface area contributed by atoms with Crippen LogP contribution >= 0.6 is 0 Å². The van der Waals surface area contributed by atoms with Crippen LogP contribution in [0.5, 0.6) is 0 Å². The van der Waals surface area contributed by atoms with Gasteiger partial charge in [-0.15, -0.1) is 0 Å². The molecule has 0 spiro atoms. The fraction of sp³-hybridized carbons (Fsp3) is 0. The van der Waals surface area contributed by atoms with Gasteiger partial charge < -0.3 is 0 Å². The molecule has 23 heavy (non-hydrogen) atoms. The summed E-state index contributed by atoms with van der Waals surface area (Å²) in [5.74, 6) is 0. The molecule has 0 aliphatic carbocycles. The van der Waals surface area contributed by atoms with E-state index in [4.69, 9.17) is 0 Å². The Morgan fingerprint density at radius 3 is 1.26 bits per heavy atom. The highest BCUT2D eigenvalue weighted by molar-refractivity contribution is 7.03. The molecule has 3 aromatic rings. The minimum atomic E-state index is -1.17. The SMILES string of the molecule is C=C(c1ccccc1)[Si](C(=C)c1ccccc1)c1ccccc1. The highest BCUT2D eigenvalue weighted by Crippen LogP contribution is 2.25. The van der Waals surface area contributed by atoms with Crippen LogP contribution in [0, 0.1) is 0 Å². The normalized spacial score (nSPS) is 10.5. The zero-order valence-electron chi connectivity index (χ0n) is 13.1. The molecule has 3 aromatic carbocycles. The van der Waals surface area contributed by atoms with Crippen molar-refractivity contribution in [3.63, 3.8) is 0 Å².